The van der Waals surface area contributed by atoms with Crippen LogP contribution < -0.4 is 10.5 Å². The molecular formula is C12H15N3O. The van der Waals surface area contributed by atoms with Crippen LogP contribution in [0.15, 0.2) is 30.3 Å². The minimum atomic E-state index is 0.615. The van der Waals surface area contributed by atoms with Gasteiger partial charge in [0, 0.05) is 6.07 Å². The molecular weight excluding hydrogens is 202 g/mol. The van der Waals surface area contributed by atoms with Gasteiger partial charge in [0.25, 0.3) is 0 Å². The zero-order valence-electron chi connectivity index (χ0n) is 9.47. The summed E-state index contributed by atoms with van der Waals surface area (Å²) in [5.41, 5.74) is 7.65. The van der Waals surface area contributed by atoms with Crippen molar-refractivity contribution in [2.75, 3.05) is 12.3 Å². The lowest BCUT2D eigenvalue weighted by molar-refractivity contribution is 0.338. The predicted octanol–water partition coefficient (Wildman–Crippen LogP) is 2.16. The molecule has 1 aromatic heterocycles. The summed E-state index contributed by atoms with van der Waals surface area (Å²) in [6, 6.07) is 9.56. The summed E-state index contributed by atoms with van der Waals surface area (Å²) in [5.74, 6) is 1.41. The SMILES string of the molecule is CCOc1ccccc1-n1nc(C)cc1N. The third kappa shape index (κ3) is 1.86. The van der Waals surface area contributed by atoms with E-state index in [1.165, 1.54) is 0 Å². The zero-order chi connectivity index (χ0) is 11.5. The highest BCUT2D eigenvalue weighted by Gasteiger charge is 2.09. The third-order valence-corrected chi connectivity index (χ3v) is 2.25. The first-order valence-corrected chi connectivity index (χ1v) is 5.26. The Hall–Kier alpha value is -1.97. The van der Waals surface area contributed by atoms with Gasteiger partial charge in [0.05, 0.1) is 12.3 Å². The quantitative estimate of drug-likeness (QED) is 0.857. The average molecular weight is 217 g/mol. The second-order valence-electron chi connectivity index (χ2n) is 3.52. The molecule has 0 saturated carbocycles. The van der Waals surface area contributed by atoms with Gasteiger partial charge in [0.1, 0.15) is 17.3 Å². The summed E-state index contributed by atoms with van der Waals surface area (Å²) in [5, 5.41) is 4.34. The Morgan fingerprint density at radius 3 is 2.75 bits per heavy atom. The van der Waals surface area contributed by atoms with Gasteiger partial charge in [-0.25, -0.2) is 4.68 Å². The van der Waals surface area contributed by atoms with Crippen molar-refractivity contribution in [3.8, 4) is 11.4 Å². The Bertz CT molecular complexity index is 491. The van der Waals surface area contributed by atoms with Crippen LogP contribution in [0.2, 0.25) is 0 Å². The molecule has 0 bridgehead atoms. The number of para-hydroxylation sites is 2. The van der Waals surface area contributed by atoms with Gasteiger partial charge in [-0.05, 0) is 26.0 Å². The summed E-state index contributed by atoms with van der Waals surface area (Å²) < 4.78 is 7.23. The fraction of sp³-hybridized carbons (Fsp3) is 0.250. The van der Waals surface area contributed by atoms with Crippen LogP contribution in [0.1, 0.15) is 12.6 Å². The Morgan fingerprint density at radius 2 is 2.12 bits per heavy atom. The lowest BCUT2D eigenvalue weighted by Gasteiger charge is -2.10. The van der Waals surface area contributed by atoms with Gasteiger partial charge in [-0.3, -0.25) is 0 Å². The highest BCUT2D eigenvalue weighted by molar-refractivity contribution is 5.51. The van der Waals surface area contributed by atoms with E-state index in [4.69, 9.17) is 10.5 Å². The summed E-state index contributed by atoms with van der Waals surface area (Å²) >= 11 is 0. The maximum Gasteiger partial charge on any atom is 0.145 e. The van der Waals surface area contributed by atoms with E-state index in [1.807, 2.05) is 44.2 Å². The number of ether oxygens (including phenoxy) is 1. The van der Waals surface area contributed by atoms with E-state index >= 15 is 0 Å². The van der Waals surface area contributed by atoms with Crippen molar-refractivity contribution in [3.63, 3.8) is 0 Å². The molecule has 2 N–H and O–H groups in total. The standard InChI is InChI=1S/C12H15N3O/c1-3-16-11-7-5-4-6-10(11)15-12(13)8-9(2)14-15/h4-8H,3,13H2,1-2H3. The molecule has 84 valence electrons. The minimum absolute atomic E-state index is 0.615. The van der Waals surface area contributed by atoms with Crippen LogP contribution in [0.5, 0.6) is 5.75 Å². The molecule has 0 amide bonds. The Labute approximate surface area is 94.6 Å². The molecule has 0 spiro atoms. The van der Waals surface area contributed by atoms with E-state index in [0.717, 1.165) is 17.1 Å². The predicted molar refractivity (Wildman–Crippen MR) is 63.9 cm³/mol. The topological polar surface area (TPSA) is 53.1 Å². The molecule has 4 heteroatoms. The van der Waals surface area contributed by atoms with Crippen molar-refractivity contribution < 1.29 is 4.74 Å². The average Bonchev–Trinajstić information content (AvgIpc) is 2.59. The molecule has 0 unspecified atom stereocenters. The van der Waals surface area contributed by atoms with Crippen LogP contribution in [-0.2, 0) is 0 Å². The van der Waals surface area contributed by atoms with Crippen LogP contribution in [-0.4, -0.2) is 16.4 Å². The fourth-order valence-corrected chi connectivity index (χ4v) is 1.62. The summed E-state index contributed by atoms with van der Waals surface area (Å²) in [6.07, 6.45) is 0. The molecule has 16 heavy (non-hydrogen) atoms. The number of nitrogens with zero attached hydrogens (tertiary/aromatic N) is 2. The number of anilines is 1. The molecule has 1 aromatic carbocycles. The first-order valence-electron chi connectivity index (χ1n) is 5.26. The van der Waals surface area contributed by atoms with Gasteiger partial charge in [-0.15, -0.1) is 0 Å². The number of aryl methyl sites for hydroxylation is 1. The van der Waals surface area contributed by atoms with E-state index < -0.39 is 0 Å². The number of rotatable bonds is 3. The smallest absolute Gasteiger partial charge is 0.145 e. The van der Waals surface area contributed by atoms with Crippen LogP contribution in [0.25, 0.3) is 5.69 Å². The molecule has 0 aliphatic heterocycles. The molecule has 0 aliphatic rings. The van der Waals surface area contributed by atoms with Crippen LogP contribution >= 0.6 is 0 Å². The Kier molecular flexibility index (Phi) is 2.81. The summed E-state index contributed by atoms with van der Waals surface area (Å²) in [4.78, 5) is 0. The van der Waals surface area contributed by atoms with Crippen LogP contribution in [0, 0.1) is 6.92 Å². The second kappa shape index (κ2) is 4.26. The molecule has 1 heterocycles. The first-order chi connectivity index (χ1) is 7.72. The molecule has 4 nitrogen and oxygen atoms in total. The molecule has 0 atom stereocenters. The van der Waals surface area contributed by atoms with E-state index in [0.29, 0.717) is 12.4 Å². The molecule has 2 aromatic rings. The number of hydrogen-bond acceptors (Lipinski definition) is 3. The molecule has 0 saturated heterocycles. The van der Waals surface area contributed by atoms with Crippen molar-refractivity contribution in [2.45, 2.75) is 13.8 Å². The van der Waals surface area contributed by atoms with E-state index in [1.54, 1.807) is 4.68 Å². The number of nitrogen functional groups attached to an aromatic ring is 1. The number of aromatic nitrogens is 2. The molecule has 0 radical (unpaired) electrons. The Morgan fingerprint density at radius 1 is 1.38 bits per heavy atom. The van der Waals surface area contributed by atoms with Crippen molar-refractivity contribution in [2.24, 2.45) is 0 Å². The summed E-state index contributed by atoms with van der Waals surface area (Å²) in [7, 11) is 0. The number of hydrogen-bond donors (Lipinski definition) is 1. The lowest BCUT2D eigenvalue weighted by Crippen LogP contribution is -2.05. The zero-order valence-corrected chi connectivity index (χ0v) is 9.47. The Balaban J connectivity index is 2.50. The van der Waals surface area contributed by atoms with Crippen molar-refractivity contribution in [1.29, 1.82) is 0 Å². The molecule has 0 fully saturated rings. The number of benzene rings is 1. The van der Waals surface area contributed by atoms with Crippen LogP contribution in [0.4, 0.5) is 5.82 Å². The highest BCUT2D eigenvalue weighted by Crippen LogP contribution is 2.24. The molecule has 0 aliphatic carbocycles. The van der Waals surface area contributed by atoms with Crippen molar-refractivity contribution >= 4 is 5.82 Å². The first kappa shape index (κ1) is 10.5. The monoisotopic (exact) mass is 217 g/mol. The summed E-state index contributed by atoms with van der Waals surface area (Å²) in [6.45, 7) is 4.49. The highest BCUT2D eigenvalue weighted by atomic mass is 16.5. The van der Waals surface area contributed by atoms with Gasteiger partial charge in [-0.1, -0.05) is 12.1 Å². The maximum atomic E-state index is 5.88. The lowest BCUT2D eigenvalue weighted by atomic mass is 10.3. The van der Waals surface area contributed by atoms with Gasteiger partial charge >= 0.3 is 0 Å². The largest absolute Gasteiger partial charge is 0.492 e. The number of nitrogens with two attached hydrogens (primary N) is 1. The van der Waals surface area contributed by atoms with E-state index in [9.17, 15) is 0 Å². The van der Waals surface area contributed by atoms with Gasteiger partial charge in [-0.2, -0.15) is 5.10 Å². The van der Waals surface area contributed by atoms with Crippen molar-refractivity contribution in [1.82, 2.24) is 9.78 Å². The van der Waals surface area contributed by atoms with Crippen LogP contribution in [0.3, 0.4) is 0 Å². The van der Waals surface area contributed by atoms with Gasteiger partial charge in [0.2, 0.25) is 0 Å². The molecule has 2 rings (SSSR count). The fourth-order valence-electron chi connectivity index (χ4n) is 1.62. The van der Waals surface area contributed by atoms with E-state index in [2.05, 4.69) is 5.10 Å². The van der Waals surface area contributed by atoms with Crippen molar-refractivity contribution in [3.05, 3.63) is 36.0 Å². The third-order valence-electron chi connectivity index (χ3n) is 2.25. The van der Waals surface area contributed by atoms with Gasteiger partial charge < -0.3 is 10.5 Å². The maximum absolute atomic E-state index is 5.88. The van der Waals surface area contributed by atoms with Gasteiger partial charge in [0.15, 0.2) is 0 Å². The second-order valence-corrected chi connectivity index (χ2v) is 3.52. The normalized spacial score (nSPS) is 10.4. The van der Waals surface area contributed by atoms with E-state index in [-0.39, 0.29) is 0 Å². The minimum Gasteiger partial charge on any atom is -0.492 e.